The maximum atomic E-state index is 13.3. The Balaban J connectivity index is 1.63. The third kappa shape index (κ3) is 5.52. The number of carbonyl (C=O) groups excluding carboxylic acids is 1. The van der Waals surface area contributed by atoms with Crippen molar-refractivity contribution in [2.24, 2.45) is 18.4 Å². The fourth-order valence-electron chi connectivity index (χ4n) is 5.56. The van der Waals surface area contributed by atoms with E-state index in [2.05, 4.69) is 60.5 Å². The fraction of sp³-hybridized carbons (Fsp3) is 0.448. The predicted octanol–water partition coefficient (Wildman–Crippen LogP) is 3.71. The molecule has 37 heavy (non-hydrogen) atoms. The number of amides is 1. The van der Waals surface area contributed by atoms with Gasteiger partial charge in [-0.05, 0) is 60.0 Å². The van der Waals surface area contributed by atoms with Crippen LogP contribution < -0.4 is 16.2 Å². The second kappa shape index (κ2) is 10.3. The Morgan fingerprint density at radius 3 is 2.62 bits per heavy atom. The molecule has 1 aliphatic carbocycles. The lowest BCUT2D eigenvalue weighted by Crippen LogP contribution is -2.49. The van der Waals surface area contributed by atoms with Crippen LogP contribution in [-0.4, -0.2) is 31.8 Å². The molecule has 0 bridgehead atoms. The average molecular weight is 501 g/mol. The zero-order valence-electron chi connectivity index (χ0n) is 22.3. The number of carbonyl (C=O) groups is 1. The Kier molecular flexibility index (Phi) is 7.37. The number of rotatable bonds is 9. The quantitative estimate of drug-likeness (QED) is 0.437. The van der Waals surface area contributed by atoms with E-state index in [1.807, 2.05) is 29.8 Å². The molecule has 8 nitrogen and oxygen atoms in total. The molecular formula is C29H36N6O2. The number of nitrogens with zero attached hydrogens (tertiary/aromatic N) is 4. The Morgan fingerprint density at radius 2 is 2.00 bits per heavy atom. The number of hydrogen-bond donors (Lipinski definition) is 2. The number of nitrogens with one attached hydrogen (secondary N) is 2. The zero-order chi connectivity index (χ0) is 26.8. The first kappa shape index (κ1) is 26.4. The minimum atomic E-state index is -0.458. The highest BCUT2D eigenvalue weighted by Gasteiger charge is 2.53. The van der Waals surface area contributed by atoms with E-state index in [9.17, 15) is 9.59 Å². The molecule has 2 N–H and O–H groups in total. The van der Waals surface area contributed by atoms with Gasteiger partial charge in [-0.1, -0.05) is 45.7 Å². The van der Waals surface area contributed by atoms with Crippen molar-refractivity contribution in [2.45, 2.75) is 59.0 Å². The standard InChI is InChI=1S/C29H36N6O2/c1-7-11-35-16-21(15-30-14-20(2)3)12-24(26(35)37)25(36)32-23-10-8-9-22(13-23)29(17-28(4,5)18-29)27-33-31-19-34(27)6/h1,8-10,12-13,16,19-20,30H,11,14-15,17-18H2,2-6H3,(H,32,36). The summed E-state index contributed by atoms with van der Waals surface area (Å²) in [7, 11) is 1.96. The van der Waals surface area contributed by atoms with E-state index in [-0.39, 0.29) is 22.9 Å². The van der Waals surface area contributed by atoms with E-state index < -0.39 is 11.5 Å². The van der Waals surface area contributed by atoms with Gasteiger partial charge in [-0.15, -0.1) is 16.6 Å². The summed E-state index contributed by atoms with van der Waals surface area (Å²) in [6.07, 6.45) is 10.8. The summed E-state index contributed by atoms with van der Waals surface area (Å²) >= 11 is 0. The van der Waals surface area contributed by atoms with Crippen LogP contribution in [0.3, 0.4) is 0 Å². The molecule has 0 spiro atoms. The molecule has 0 atom stereocenters. The molecule has 1 saturated carbocycles. The van der Waals surface area contributed by atoms with Gasteiger partial charge in [0.15, 0.2) is 0 Å². The third-order valence-electron chi connectivity index (χ3n) is 6.90. The van der Waals surface area contributed by atoms with Gasteiger partial charge < -0.3 is 19.8 Å². The Morgan fingerprint density at radius 1 is 1.24 bits per heavy atom. The normalized spacial score (nSPS) is 15.7. The third-order valence-corrected chi connectivity index (χ3v) is 6.90. The molecule has 0 radical (unpaired) electrons. The van der Waals surface area contributed by atoms with Crippen molar-refractivity contribution < 1.29 is 4.79 Å². The summed E-state index contributed by atoms with van der Waals surface area (Å²) in [5.41, 5.74) is 2.08. The van der Waals surface area contributed by atoms with Crippen molar-refractivity contribution in [3.8, 4) is 12.3 Å². The lowest BCUT2D eigenvalue weighted by atomic mass is 9.51. The van der Waals surface area contributed by atoms with Crippen LogP contribution in [0.25, 0.3) is 0 Å². The molecule has 8 heteroatoms. The molecule has 0 unspecified atom stereocenters. The number of aryl methyl sites for hydroxylation is 1. The van der Waals surface area contributed by atoms with Crippen molar-refractivity contribution >= 4 is 11.6 Å². The average Bonchev–Trinajstić information content (AvgIpc) is 3.25. The van der Waals surface area contributed by atoms with E-state index in [1.54, 1.807) is 18.6 Å². The predicted molar refractivity (Wildman–Crippen MR) is 145 cm³/mol. The lowest BCUT2D eigenvalue weighted by Gasteiger charge is -2.52. The van der Waals surface area contributed by atoms with E-state index in [4.69, 9.17) is 6.42 Å². The van der Waals surface area contributed by atoms with Crippen LogP contribution >= 0.6 is 0 Å². The van der Waals surface area contributed by atoms with Crippen LogP contribution in [0.1, 0.15) is 67.8 Å². The van der Waals surface area contributed by atoms with Crippen molar-refractivity contribution in [1.82, 2.24) is 24.6 Å². The first-order valence-electron chi connectivity index (χ1n) is 12.7. The van der Waals surface area contributed by atoms with E-state index in [0.29, 0.717) is 18.2 Å². The van der Waals surface area contributed by atoms with Gasteiger partial charge in [0.25, 0.3) is 11.5 Å². The van der Waals surface area contributed by atoms with Crippen LogP contribution in [0.5, 0.6) is 0 Å². The highest BCUT2D eigenvalue weighted by Crippen LogP contribution is 2.58. The molecule has 2 heterocycles. The molecule has 1 aliphatic rings. The SMILES string of the molecule is C#CCn1cc(CNCC(C)C)cc(C(=O)Nc2cccc(C3(c4nncn4C)CC(C)(C)C3)c2)c1=O. The van der Waals surface area contributed by atoms with Crippen LogP contribution in [0.2, 0.25) is 0 Å². The summed E-state index contributed by atoms with van der Waals surface area (Å²) in [4.78, 5) is 26.4. The van der Waals surface area contributed by atoms with E-state index in [1.165, 1.54) is 4.57 Å². The first-order valence-corrected chi connectivity index (χ1v) is 12.7. The number of pyridine rings is 1. The van der Waals surface area contributed by atoms with Gasteiger partial charge in [0, 0.05) is 25.5 Å². The van der Waals surface area contributed by atoms with Gasteiger partial charge in [0.05, 0.1) is 12.0 Å². The van der Waals surface area contributed by atoms with Gasteiger partial charge in [0.1, 0.15) is 17.7 Å². The molecule has 1 aromatic carbocycles. The second-order valence-corrected chi connectivity index (χ2v) is 11.3. The topological polar surface area (TPSA) is 93.8 Å². The van der Waals surface area contributed by atoms with Gasteiger partial charge in [-0.25, -0.2) is 0 Å². The number of aromatic nitrogens is 4. The number of terminal acetylenes is 1. The Bertz CT molecular complexity index is 1380. The highest BCUT2D eigenvalue weighted by atomic mass is 16.2. The molecule has 4 rings (SSSR count). The molecular weight excluding hydrogens is 464 g/mol. The number of benzene rings is 1. The molecule has 1 amide bonds. The molecule has 194 valence electrons. The zero-order valence-corrected chi connectivity index (χ0v) is 22.3. The molecule has 0 aliphatic heterocycles. The van der Waals surface area contributed by atoms with Crippen molar-refractivity contribution in [3.63, 3.8) is 0 Å². The minimum Gasteiger partial charge on any atom is -0.322 e. The van der Waals surface area contributed by atoms with Crippen molar-refractivity contribution in [1.29, 1.82) is 0 Å². The van der Waals surface area contributed by atoms with E-state index >= 15 is 0 Å². The van der Waals surface area contributed by atoms with Crippen LogP contribution in [0.4, 0.5) is 5.69 Å². The molecule has 0 saturated heterocycles. The maximum Gasteiger partial charge on any atom is 0.264 e. The Hall–Kier alpha value is -3.70. The van der Waals surface area contributed by atoms with Gasteiger partial charge in [-0.3, -0.25) is 9.59 Å². The van der Waals surface area contributed by atoms with Gasteiger partial charge >= 0.3 is 0 Å². The van der Waals surface area contributed by atoms with Crippen molar-refractivity contribution in [2.75, 3.05) is 11.9 Å². The van der Waals surface area contributed by atoms with E-state index in [0.717, 1.165) is 36.3 Å². The second-order valence-electron chi connectivity index (χ2n) is 11.3. The summed E-state index contributed by atoms with van der Waals surface area (Å²) in [5.74, 6) is 3.44. The first-order chi connectivity index (χ1) is 17.5. The minimum absolute atomic E-state index is 0.0669. The number of anilines is 1. The van der Waals surface area contributed by atoms with Crippen LogP contribution in [0.15, 0.2) is 47.7 Å². The van der Waals surface area contributed by atoms with Crippen LogP contribution in [-0.2, 0) is 25.6 Å². The lowest BCUT2D eigenvalue weighted by molar-refractivity contribution is 0.0790. The largest absolute Gasteiger partial charge is 0.322 e. The monoisotopic (exact) mass is 500 g/mol. The summed E-state index contributed by atoms with van der Waals surface area (Å²) < 4.78 is 3.38. The number of hydrogen-bond acceptors (Lipinski definition) is 5. The maximum absolute atomic E-state index is 13.3. The Labute approximate surface area is 218 Å². The van der Waals surface area contributed by atoms with Gasteiger partial charge in [0.2, 0.25) is 0 Å². The summed E-state index contributed by atoms with van der Waals surface area (Å²) in [6.45, 7) is 10.2. The summed E-state index contributed by atoms with van der Waals surface area (Å²) in [6, 6.07) is 9.47. The fourth-order valence-corrected chi connectivity index (χ4v) is 5.56. The molecule has 3 aromatic rings. The molecule has 1 fully saturated rings. The summed E-state index contributed by atoms with van der Waals surface area (Å²) in [5, 5.41) is 14.8. The smallest absolute Gasteiger partial charge is 0.264 e. The van der Waals surface area contributed by atoms with Crippen LogP contribution in [0, 0.1) is 23.7 Å². The highest BCUT2D eigenvalue weighted by molar-refractivity contribution is 6.04. The van der Waals surface area contributed by atoms with Gasteiger partial charge in [-0.2, -0.15) is 0 Å². The van der Waals surface area contributed by atoms with Crippen molar-refractivity contribution in [3.05, 3.63) is 75.7 Å². The molecule has 2 aromatic heterocycles.